The average molecular weight is 224 g/mol. The lowest BCUT2D eigenvalue weighted by Crippen LogP contribution is -2.36. The van der Waals surface area contributed by atoms with E-state index >= 15 is 0 Å². The molecule has 16 heavy (non-hydrogen) atoms. The highest BCUT2D eigenvalue weighted by atomic mass is 16.5. The number of hydrogen-bond acceptors (Lipinski definition) is 6. The van der Waals surface area contributed by atoms with Gasteiger partial charge in [0.2, 0.25) is 0 Å². The number of aromatic nitrogens is 2. The summed E-state index contributed by atoms with van der Waals surface area (Å²) >= 11 is 0. The summed E-state index contributed by atoms with van der Waals surface area (Å²) in [5.74, 6) is 0.820. The van der Waals surface area contributed by atoms with E-state index in [-0.39, 0.29) is 6.54 Å². The Morgan fingerprint density at radius 1 is 1.44 bits per heavy atom. The predicted molar refractivity (Wildman–Crippen MR) is 59.1 cm³/mol. The highest BCUT2D eigenvalue weighted by Gasteiger charge is 2.14. The van der Waals surface area contributed by atoms with Crippen molar-refractivity contribution < 1.29 is 9.84 Å². The van der Waals surface area contributed by atoms with Crippen LogP contribution in [-0.2, 0) is 4.74 Å². The summed E-state index contributed by atoms with van der Waals surface area (Å²) in [6.45, 7) is 3.21. The third-order valence-corrected chi connectivity index (χ3v) is 2.57. The first kappa shape index (κ1) is 11.3. The molecule has 1 aliphatic heterocycles. The Morgan fingerprint density at radius 3 is 2.88 bits per heavy atom. The van der Waals surface area contributed by atoms with E-state index in [4.69, 9.17) is 10.5 Å². The van der Waals surface area contributed by atoms with Gasteiger partial charge >= 0.3 is 0 Å². The minimum atomic E-state index is -0.720. The van der Waals surface area contributed by atoms with Crippen LogP contribution < -0.4 is 10.6 Å². The summed E-state index contributed by atoms with van der Waals surface area (Å²) in [5, 5.41) is 9.59. The maximum absolute atomic E-state index is 9.59. The highest BCUT2D eigenvalue weighted by Crippen LogP contribution is 2.16. The second-order valence-corrected chi connectivity index (χ2v) is 3.65. The van der Waals surface area contributed by atoms with Crippen LogP contribution >= 0.6 is 0 Å². The minimum absolute atomic E-state index is 0.166. The molecule has 1 unspecified atom stereocenters. The molecule has 0 saturated carbocycles. The zero-order valence-corrected chi connectivity index (χ0v) is 9.04. The number of nitrogens with two attached hydrogens (primary N) is 1. The zero-order valence-electron chi connectivity index (χ0n) is 9.04. The van der Waals surface area contributed by atoms with Crippen molar-refractivity contribution in [2.75, 3.05) is 37.7 Å². The van der Waals surface area contributed by atoms with Gasteiger partial charge < -0.3 is 20.5 Å². The van der Waals surface area contributed by atoms with E-state index in [9.17, 15) is 5.11 Å². The molecule has 1 atom stereocenters. The van der Waals surface area contributed by atoms with Gasteiger partial charge in [0.25, 0.3) is 0 Å². The van der Waals surface area contributed by atoms with Crippen LogP contribution in [0.1, 0.15) is 11.8 Å². The fraction of sp³-hybridized carbons (Fsp3) is 0.600. The van der Waals surface area contributed by atoms with Gasteiger partial charge in [-0.25, -0.2) is 9.97 Å². The molecule has 0 radical (unpaired) electrons. The molecule has 0 bridgehead atoms. The lowest BCUT2D eigenvalue weighted by molar-refractivity contribution is 0.122. The van der Waals surface area contributed by atoms with Crippen molar-refractivity contribution in [1.82, 2.24) is 9.97 Å². The van der Waals surface area contributed by atoms with Gasteiger partial charge in [0.15, 0.2) is 0 Å². The molecule has 1 fully saturated rings. The first-order valence-corrected chi connectivity index (χ1v) is 5.34. The van der Waals surface area contributed by atoms with Crippen LogP contribution in [0.5, 0.6) is 0 Å². The van der Waals surface area contributed by atoms with Crippen molar-refractivity contribution in [1.29, 1.82) is 0 Å². The Labute approximate surface area is 94.1 Å². The molecule has 0 amide bonds. The van der Waals surface area contributed by atoms with Gasteiger partial charge in [0.1, 0.15) is 18.2 Å². The van der Waals surface area contributed by atoms with Gasteiger partial charge in [-0.1, -0.05) is 0 Å². The number of ether oxygens (including phenoxy) is 1. The number of morpholine rings is 1. The molecule has 3 N–H and O–H groups in total. The Morgan fingerprint density at radius 2 is 2.19 bits per heavy atom. The van der Waals surface area contributed by atoms with Crippen molar-refractivity contribution in [2.45, 2.75) is 6.10 Å². The third-order valence-electron chi connectivity index (χ3n) is 2.57. The van der Waals surface area contributed by atoms with Gasteiger partial charge in [-0.15, -0.1) is 0 Å². The van der Waals surface area contributed by atoms with Gasteiger partial charge in [-0.2, -0.15) is 0 Å². The first-order valence-electron chi connectivity index (χ1n) is 5.34. The van der Waals surface area contributed by atoms with Crippen molar-refractivity contribution in [3.05, 3.63) is 18.1 Å². The summed E-state index contributed by atoms with van der Waals surface area (Å²) in [7, 11) is 0. The molecule has 6 heteroatoms. The van der Waals surface area contributed by atoms with Crippen LogP contribution in [0, 0.1) is 0 Å². The molecule has 1 aromatic rings. The molecule has 2 heterocycles. The molecular formula is C10H16N4O2. The standard InChI is InChI=1S/C10H16N4O2/c11-6-9(15)8-5-10(13-7-12-8)14-1-3-16-4-2-14/h5,7,9,15H,1-4,6,11H2. The van der Waals surface area contributed by atoms with E-state index in [0.717, 1.165) is 18.9 Å². The summed E-state index contributed by atoms with van der Waals surface area (Å²) in [5.41, 5.74) is 5.96. The number of aliphatic hydroxyl groups is 1. The number of rotatable bonds is 3. The lowest BCUT2D eigenvalue weighted by atomic mass is 10.2. The monoisotopic (exact) mass is 224 g/mol. The molecule has 1 aliphatic rings. The van der Waals surface area contributed by atoms with Crippen LogP contribution in [0.4, 0.5) is 5.82 Å². The lowest BCUT2D eigenvalue weighted by Gasteiger charge is -2.28. The topological polar surface area (TPSA) is 84.5 Å². The number of aliphatic hydroxyl groups excluding tert-OH is 1. The number of hydrogen-bond donors (Lipinski definition) is 2. The Balaban J connectivity index is 2.14. The maximum atomic E-state index is 9.59. The van der Waals surface area contributed by atoms with E-state index in [1.165, 1.54) is 6.33 Å². The van der Waals surface area contributed by atoms with E-state index < -0.39 is 6.10 Å². The van der Waals surface area contributed by atoms with E-state index in [1.807, 2.05) is 0 Å². The van der Waals surface area contributed by atoms with Crippen LogP contribution in [0.2, 0.25) is 0 Å². The molecular weight excluding hydrogens is 208 g/mol. The van der Waals surface area contributed by atoms with Crippen LogP contribution in [-0.4, -0.2) is 47.9 Å². The average Bonchev–Trinajstić information content (AvgIpc) is 2.39. The SMILES string of the molecule is NCC(O)c1cc(N2CCOCC2)ncn1. The Kier molecular flexibility index (Phi) is 3.66. The van der Waals surface area contributed by atoms with Crippen molar-refractivity contribution >= 4 is 5.82 Å². The minimum Gasteiger partial charge on any atom is -0.385 e. The third kappa shape index (κ3) is 2.46. The molecule has 0 spiro atoms. The normalized spacial score (nSPS) is 18.5. The molecule has 6 nitrogen and oxygen atoms in total. The van der Waals surface area contributed by atoms with Gasteiger partial charge in [0, 0.05) is 25.7 Å². The van der Waals surface area contributed by atoms with Crippen molar-refractivity contribution in [3.63, 3.8) is 0 Å². The first-order chi connectivity index (χ1) is 7.81. The van der Waals surface area contributed by atoms with E-state index in [1.54, 1.807) is 6.07 Å². The van der Waals surface area contributed by atoms with Crippen LogP contribution in [0.25, 0.3) is 0 Å². The molecule has 0 aromatic carbocycles. The second kappa shape index (κ2) is 5.20. The zero-order chi connectivity index (χ0) is 11.4. The fourth-order valence-electron chi connectivity index (χ4n) is 1.63. The Bertz CT molecular complexity index is 341. The Hall–Kier alpha value is -1.24. The van der Waals surface area contributed by atoms with E-state index in [0.29, 0.717) is 18.9 Å². The highest BCUT2D eigenvalue weighted by molar-refractivity contribution is 5.39. The maximum Gasteiger partial charge on any atom is 0.132 e. The smallest absolute Gasteiger partial charge is 0.132 e. The molecule has 2 rings (SSSR count). The van der Waals surface area contributed by atoms with Gasteiger partial charge in [-0.3, -0.25) is 0 Å². The fourth-order valence-corrected chi connectivity index (χ4v) is 1.63. The molecule has 1 aromatic heterocycles. The molecule has 1 saturated heterocycles. The summed E-state index contributed by atoms with van der Waals surface area (Å²) in [6, 6.07) is 1.78. The van der Waals surface area contributed by atoms with E-state index in [2.05, 4.69) is 14.9 Å². The largest absolute Gasteiger partial charge is 0.385 e. The predicted octanol–water partition coefficient (Wildman–Crippen LogP) is -0.695. The second-order valence-electron chi connectivity index (χ2n) is 3.65. The van der Waals surface area contributed by atoms with Crippen LogP contribution in [0.3, 0.4) is 0 Å². The number of nitrogens with zero attached hydrogens (tertiary/aromatic N) is 3. The number of anilines is 1. The quantitative estimate of drug-likeness (QED) is 0.706. The van der Waals surface area contributed by atoms with Gasteiger partial charge in [-0.05, 0) is 0 Å². The summed E-state index contributed by atoms with van der Waals surface area (Å²) < 4.78 is 5.27. The van der Waals surface area contributed by atoms with Crippen LogP contribution in [0.15, 0.2) is 12.4 Å². The summed E-state index contributed by atoms with van der Waals surface area (Å²) in [6.07, 6.45) is 0.738. The van der Waals surface area contributed by atoms with Gasteiger partial charge in [0.05, 0.1) is 18.9 Å². The van der Waals surface area contributed by atoms with Crippen molar-refractivity contribution in [3.8, 4) is 0 Å². The molecule has 88 valence electrons. The van der Waals surface area contributed by atoms with Crippen molar-refractivity contribution in [2.24, 2.45) is 5.73 Å². The summed E-state index contributed by atoms with van der Waals surface area (Å²) in [4.78, 5) is 10.3. The molecule has 0 aliphatic carbocycles.